The Morgan fingerprint density at radius 1 is 1.29 bits per heavy atom. The smallest absolute Gasteiger partial charge is 0.237 e. The topological polar surface area (TPSA) is 46.9 Å². The van der Waals surface area contributed by atoms with Gasteiger partial charge < -0.3 is 9.88 Å². The van der Waals surface area contributed by atoms with Gasteiger partial charge in [0.1, 0.15) is 5.82 Å². The fourth-order valence-electron chi connectivity index (χ4n) is 2.30. The summed E-state index contributed by atoms with van der Waals surface area (Å²) < 4.78 is 15.8. The molecule has 130 valence electrons. The van der Waals surface area contributed by atoms with Gasteiger partial charge in [-0.3, -0.25) is 4.79 Å². The van der Waals surface area contributed by atoms with Crippen molar-refractivity contribution in [2.45, 2.75) is 51.6 Å². The summed E-state index contributed by atoms with van der Waals surface area (Å²) in [4.78, 5) is 16.9. The van der Waals surface area contributed by atoms with Crippen LogP contribution in [0.15, 0.2) is 29.4 Å². The Morgan fingerprint density at radius 2 is 1.96 bits per heavy atom. The van der Waals surface area contributed by atoms with E-state index in [0.717, 1.165) is 23.1 Å². The molecule has 0 bridgehead atoms. The molecule has 0 spiro atoms. The van der Waals surface area contributed by atoms with Gasteiger partial charge in [0, 0.05) is 12.2 Å². The lowest BCUT2D eigenvalue weighted by molar-refractivity contribution is -0.115. The number of hydrogen-bond acceptors (Lipinski definition) is 3. The van der Waals surface area contributed by atoms with E-state index in [-0.39, 0.29) is 16.8 Å². The highest BCUT2D eigenvalue weighted by molar-refractivity contribution is 8.00. The molecule has 6 heteroatoms. The van der Waals surface area contributed by atoms with Crippen LogP contribution < -0.4 is 5.32 Å². The highest BCUT2D eigenvalue weighted by Crippen LogP contribution is 2.27. The number of para-hydroxylation sites is 1. The van der Waals surface area contributed by atoms with Crippen LogP contribution in [0.3, 0.4) is 0 Å². The second-order valence-corrected chi connectivity index (χ2v) is 7.61. The van der Waals surface area contributed by atoms with E-state index in [9.17, 15) is 9.18 Å². The van der Waals surface area contributed by atoms with E-state index in [4.69, 9.17) is 0 Å². The van der Waals surface area contributed by atoms with Gasteiger partial charge in [0.2, 0.25) is 5.91 Å². The Hall–Kier alpha value is -1.82. The Bertz CT molecular complexity index is 727. The van der Waals surface area contributed by atoms with Gasteiger partial charge >= 0.3 is 0 Å². The fourth-order valence-corrected chi connectivity index (χ4v) is 3.31. The Labute approximate surface area is 146 Å². The number of anilines is 1. The first-order valence-corrected chi connectivity index (χ1v) is 8.93. The molecule has 0 fully saturated rings. The maximum atomic E-state index is 13.7. The predicted molar refractivity (Wildman–Crippen MR) is 96.9 cm³/mol. The minimum atomic E-state index is -0.434. The number of halogens is 1. The summed E-state index contributed by atoms with van der Waals surface area (Å²) in [6.07, 6.45) is 0. The van der Waals surface area contributed by atoms with Crippen LogP contribution in [0.4, 0.5) is 10.1 Å². The number of imidazole rings is 1. The van der Waals surface area contributed by atoms with Crippen molar-refractivity contribution in [3.8, 4) is 0 Å². The Kier molecular flexibility index (Phi) is 6.04. The molecule has 1 heterocycles. The molecule has 2 rings (SSSR count). The first-order valence-electron chi connectivity index (χ1n) is 8.05. The monoisotopic (exact) mass is 349 g/mol. The third-order valence-corrected chi connectivity index (χ3v) is 4.84. The molecule has 0 aliphatic carbocycles. The highest BCUT2D eigenvalue weighted by Gasteiger charge is 2.21. The molecule has 1 amide bonds. The number of benzene rings is 1. The second kappa shape index (κ2) is 7.83. The van der Waals surface area contributed by atoms with E-state index in [1.807, 2.05) is 13.8 Å². The molecule has 0 aliphatic rings. The van der Waals surface area contributed by atoms with E-state index in [1.54, 1.807) is 25.1 Å². The van der Waals surface area contributed by atoms with Gasteiger partial charge in [0.15, 0.2) is 5.16 Å². The van der Waals surface area contributed by atoms with Crippen molar-refractivity contribution in [3.63, 3.8) is 0 Å². The summed E-state index contributed by atoms with van der Waals surface area (Å²) in [6, 6.07) is 6.17. The number of carbonyl (C=O) groups is 1. The molecule has 4 nitrogen and oxygen atoms in total. The molecule has 1 N–H and O–H groups in total. The molecule has 1 aromatic heterocycles. The summed E-state index contributed by atoms with van der Waals surface area (Å²) in [7, 11) is 0. The van der Waals surface area contributed by atoms with Crippen LogP contribution in [0.2, 0.25) is 0 Å². The lowest BCUT2D eigenvalue weighted by Gasteiger charge is -2.15. The van der Waals surface area contributed by atoms with Crippen LogP contribution in [0.25, 0.3) is 0 Å². The van der Waals surface area contributed by atoms with Crippen molar-refractivity contribution in [2.75, 3.05) is 5.32 Å². The summed E-state index contributed by atoms with van der Waals surface area (Å²) in [6.45, 7) is 11.0. The van der Waals surface area contributed by atoms with Crippen LogP contribution in [-0.2, 0) is 11.3 Å². The molecule has 0 aliphatic heterocycles. The van der Waals surface area contributed by atoms with Crippen LogP contribution in [0.1, 0.15) is 32.2 Å². The summed E-state index contributed by atoms with van der Waals surface area (Å²) >= 11 is 1.40. The van der Waals surface area contributed by atoms with Gasteiger partial charge in [-0.1, -0.05) is 37.7 Å². The van der Waals surface area contributed by atoms with E-state index in [1.165, 1.54) is 17.8 Å². The molecule has 24 heavy (non-hydrogen) atoms. The first-order chi connectivity index (χ1) is 11.3. The summed E-state index contributed by atoms with van der Waals surface area (Å²) in [5.41, 5.74) is 2.29. The Morgan fingerprint density at radius 3 is 2.58 bits per heavy atom. The second-order valence-electron chi connectivity index (χ2n) is 6.30. The number of nitrogens with one attached hydrogen (secondary N) is 1. The molecule has 1 atom stereocenters. The number of aryl methyl sites for hydroxylation is 1. The number of rotatable bonds is 6. The molecule has 0 saturated carbocycles. The molecular formula is C18H24FN3OS. The number of hydrogen-bond donors (Lipinski definition) is 1. The van der Waals surface area contributed by atoms with Gasteiger partial charge in [-0.05, 0) is 38.8 Å². The van der Waals surface area contributed by atoms with Crippen molar-refractivity contribution < 1.29 is 9.18 Å². The van der Waals surface area contributed by atoms with E-state index in [2.05, 4.69) is 28.7 Å². The zero-order chi connectivity index (χ0) is 17.9. The fraction of sp³-hybridized carbons (Fsp3) is 0.444. The van der Waals surface area contributed by atoms with Gasteiger partial charge in [-0.2, -0.15) is 0 Å². The molecule has 1 aromatic carbocycles. The lowest BCUT2D eigenvalue weighted by atomic mass is 10.2. The third-order valence-electron chi connectivity index (χ3n) is 3.75. The van der Waals surface area contributed by atoms with Crippen LogP contribution in [0.5, 0.6) is 0 Å². The first kappa shape index (κ1) is 18.5. The largest absolute Gasteiger partial charge is 0.323 e. The van der Waals surface area contributed by atoms with Crippen molar-refractivity contribution in [1.82, 2.24) is 9.55 Å². The number of amides is 1. The third kappa shape index (κ3) is 4.38. The van der Waals surface area contributed by atoms with Crippen molar-refractivity contribution in [1.29, 1.82) is 0 Å². The van der Waals surface area contributed by atoms with Crippen molar-refractivity contribution in [3.05, 3.63) is 41.5 Å². The maximum Gasteiger partial charge on any atom is 0.237 e. The lowest BCUT2D eigenvalue weighted by Crippen LogP contribution is -2.23. The zero-order valence-electron chi connectivity index (χ0n) is 14.8. The van der Waals surface area contributed by atoms with Gasteiger partial charge in [0.25, 0.3) is 0 Å². The van der Waals surface area contributed by atoms with E-state index >= 15 is 0 Å². The molecule has 0 saturated heterocycles. The highest BCUT2D eigenvalue weighted by atomic mass is 32.2. The average Bonchev–Trinajstić information content (AvgIpc) is 2.76. The van der Waals surface area contributed by atoms with E-state index in [0.29, 0.717) is 5.92 Å². The standard InChI is InChI=1S/C18H24FN3OS/c1-11(2)10-22-13(4)12(3)20-18(22)24-14(5)17(23)21-16-9-7-6-8-15(16)19/h6-9,11,14H,10H2,1-5H3,(H,21,23). The number of thioether (sulfide) groups is 1. The van der Waals surface area contributed by atoms with E-state index < -0.39 is 5.82 Å². The quantitative estimate of drug-likeness (QED) is 0.786. The van der Waals surface area contributed by atoms with Gasteiger partial charge in [-0.25, -0.2) is 9.37 Å². The summed E-state index contributed by atoms with van der Waals surface area (Å²) in [5.74, 6) is -0.185. The maximum absolute atomic E-state index is 13.7. The average molecular weight is 349 g/mol. The van der Waals surface area contributed by atoms with Gasteiger partial charge in [-0.15, -0.1) is 0 Å². The zero-order valence-corrected chi connectivity index (χ0v) is 15.6. The molecular weight excluding hydrogens is 325 g/mol. The van der Waals surface area contributed by atoms with Gasteiger partial charge in [0.05, 0.1) is 16.6 Å². The van der Waals surface area contributed by atoms with Crippen molar-refractivity contribution in [2.24, 2.45) is 5.92 Å². The number of aromatic nitrogens is 2. The minimum Gasteiger partial charge on any atom is -0.323 e. The summed E-state index contributed by atoms with van der Waals surface area (Å²) in [5, 5.41) is 3.09. The normalized spacial score (nSPS) is 12.5. The predicted octanol–water partition coefficient (Wildman–Crippen LogP) is 4.41. The molecule has 0 radical (unpaired) electrons. The Balaban J connectivity index is 2.12. The minimum absolute atomic E-state index is 0.202. The molecule has 2 aromatic rings. The number of nitrogens with zero attached hydrogens (tertiary/aromatic N) is 2. The molecule has 1 unspecified atom stereocenters. The number of carbonyl (C=O) groups excluding carboxylic acids is 1. The SMILES string of the molecule is Cc1nc(SC(C)C(=O)Nc2ccccc2F)n(CC(C)C)c1C. The van der Waals surface area contributed by atoms with Crippen LogP contribution in [0, 0.1) is 25.6 Å². The van der Waals surface area contributed by atoms with Crippen LogP contribution in [-0.4, -0.2) is 20.7 Å². The van der Waals surface area contributed by atoms with Crippen molar-refractivity contribution >= 4 is 23.4 Å². The van der Waals surface area contributed by atoms with Crippen LogP contribution >= 0.6 is 11.8 Å².